The van der Waals surface area contributed by atoms with Gasteiger partial charge in [0.25, 0.3) is 0 Å². The summed E-state index contributed by atoms with van der Waals surface area (Å²) in [5.41, 5.74) is 3.04. The SMILES string of the molecule is CCc1cccc2cc(OCOC)cc(-c3cc4nc(S(C)(=O)=O)nc(N5CC6CCC(C5)N6C(=O)O)c4cn3)c12. The van der Waals surface area contributed by atoms with Gasteiger partial charge in [-0.3, -0.25) is 9.88 Å². The van der Waals surface area contributed by atoms with Gasteiger partial charge in [0.05, 0.1) is 28.7 Å². The number of ether oxygens (including phenoxy) is 2. The van der Waals surface area contributed by atoms with Crippen molar-refractivity contribution < 1.29 is 27.8 Å². The number of pyridine rings is 1. The Morgan fingerprint density at radius 3 is 2.54 bits per heavy atom. The molecule has 1 N–H and O–H groups in total. The Hall–Kier alpha value is -4.03. The molecule has 2 unspecified atom stereocenters. The van der Waals surface area contributed by atoms with E-state index in [1.165, 1.54) is 4.90 Å². The molecule has 6 rings (SSSR count). The van der Waals surface area contributed by atoms with Gasteiger partial charge in [0.15, 0.2) is 6.79 Å². The molecule has 0 radical (unpaired) electrons. The molecular weight excluding hydrogens is 546 g/mol. The number of methoxy groups -OCH3 is 1. The van der Waals surface area contributed by atoms with Crippen molar-refractivity contribution in [1.29, 1.82) is 0 Å². The van der Waals surface area contributed by atoms with Gasteiger partial charge in [-0.25, -0.2) is 23.2 Å². The third-order valence-electron chi connectivity index (χ3n) is 7.91. The molecule has 12 heteroatoms. The van der Waals surface area contributed by atoms with Gasteiger partial charge in [-0.2, -0.15) is 0 Å². The molecule has 2 aromatic carbocycles. The molecule has 2 aromatic heterocycles. The second kappa shape index (κ2) is 10.4. The maximum absolute atomic E-state index is 12.7. The van der Waals surface area contributed by atoms with E-state index < -0.39 is 15.9 Å². The van der Waals surface area contributed by atoms with Crippen LogP contribution in [0.4, 0.5) is 10.6 Å². The number of piperazine rings is 1. The van der Waals surface area contributed by atoms with Crippen molar-refractivity contribution in [2.75, 3.05) is 38.1 Å². The first-order chi connectivity index (χ1) is 19.7. The topological polar surface area (TPSA) is 135 Å². The summed E-state index contributed by atoms with van der Waals surface area (Å²) < 4.78 is 36.3. The Balaban J connectivity index is 1.52. The zero-order chi connectivity index (χ0) is 28.9. The fourth-order valence-corrected chi connectivity index (χ4v) is 6.63. The van der Waals surface area contributed by atoms with E-state index in [0.717, 1.165) is 47.4 Å². The number of carboxylic acid groups (broad SMARTS) is 1. The van der Waals surface area contributed by atoms with Gasteiger partial charge in [-0.1, -0.05) is 25.1 Å². The van der Waals surface area contributed by atoms with Crippen molar-refractivity contribution >= 4 is 43.4 Å². The number of hydrogen-bond donors (Lipinski definition) is 1. The zero-order valence-corrected chi connectivity index (χ0v) is 23.9. The van der Waals surface area contributed by atoms with Crippen molar-refractivity contribution in [1.82, 2.24) is 19.9 Å². The van der Waals surface area contributed by atoms with E-state index in [4.69, 9.17) is 14.5 Å². The third kappa shape index (κ3) is 4.91. The Bertz CT molecular complexity index is 1770. The molecule has 4 aromatic rings. The number of sulfone groups is 1. The largest absolute Gasteiger partial charge is 0.468 e. The van der Waals surface area contributed by atoms with Crippen LogP contribution < -0.4 is 9.64 Å². The molecule has 2 saturated heterocycles. The first kappa shape index (κ1) is 27.2. The minimum absolute atomic E-state index is 0.0923. The van der Waals surface area contributed by atoms with Crippen molar-refractivity contribution in [3.05, 3.63) is 48.2 Å². The summed E-state index contributed by atoms with van der Waals surface area (Å²) in [5, 5.41) is 12.0. The van der Waals surface area contributed by atoms with Crippen LogP contribution >= 0.6 is 0 Å². The van der Waals surface area contributed by atoms with Gasteiger partial charge in [-0.05, 0) is 53.8 Å². The molecular formula is C29H31N5O6S. The summed E-state index contributed by atoms with van der Waals surface area (Å²) in [7, 11) is -2.18. The lowest BCUT2D eigenvalue weighted by atomic mass is 9.95. The van der Waals surface area contributed by atoms with Gasteiger partial charge >= 0.3 is 6.09 Å². The summed E-state index contributed by atoms with van der Waals surface area (Å²) >= 11 is 0. The highest BCUT2D eigenvalue weighted by molar-refractivity contribution is 7.90. The van der Waals surface area contributed by atoms with Gasteiger partial charge in [0.1, 0.15) is 11.6 Å². The molecule has 41 heavy (non-hydrogen) atoms. The molecule has 2 aliphatic heterocycles. The van der Waals surface area contributed by atoms with Crippen molar-refractivity contribution in [3.63, 3.8) is 0 Å². The van der Waals surface area contributed by atoms with Gasteiger partial charge in [-0.15, -0.1) is 0 Å². The molecule has 1 amide bonds. The highest BCUT2D eigenvalue weighted by Crippen LogP contribution is 2.38. The standard InChI is InChI=1S/C29H31N5O6S/c1-4-17-6-5-7-18-10-21(40-16-39-2)11-22(26(17)18)24-12-25-23(13-30-24)27(32-28(31-25)41(3,37)38)33-14-19-8-9-20(15-33)34(19)29(35)36/h5-7,10-13,19-20H,4,8-9,14-16H2,1-3H3,(H,35,36). The minimum atomic E-state index is -3.74. The molecule has 4 heterocycles. The van der Waals surface area contributed by atoms with Crippen LogP contribution in [0.1, 0.15) is 25.3 Å². The number of hydrogen-bond acceptors (Lipinski definition) is 9. The normalized spacial score (nSPS) is 18.8. The van der Waals surface area contributed by atoms with Crippen molar-refractivity contribution in [2.45, 2.75) is 43.4 Å². The molecule has 11 nitrogen and oxygen atoms in total. The number of anilines is 1. The summed E-state index contributed by atoms with van der Waals surface area (Å²) in [4.78, 5) is 29.1. The lowest BCUT2D eigenvalue weighted by molar-refractivity contribution is 0.0512. The molecule has 0 saturated carbocycles. The Morgan fingerprint density at radius 1 is 1.12 bits per heavy atom. The van der Waals surface area contributed by atoms with Crippen LogP contribution in [0.3, 0.4) is 0 Å². The summed E-state index contributed by atoms with van der Waals surface area (Å²) in [5.74, 6) is 1.07. The monoisotopic (exact) mass is 577 g/mol. The average Bonchev–Trinajstić information content (AvgIpc) is 3.23. The fraction of sp³-hybridized carbons (Fsp3) is 0.379. The highest BCUT2D eigenvalue weighted by atomic mass is 32.2. The molecule has 214 valence electrons. The summed E-state index contributed by atoms with van der Waals surface area (Å²) in [6, 6.07) is 11.4. The number of fused-ring (bicyclic) bond motifs is 4. The highest BCUT2D eigenvalue weighted by Gasteiger charge is 2.43. The van der Waals surface area contributed by atoms with Crippen molar-refractivity contribution in [2.24, 2.45) is 0 Å². The van der Waals surface area contributed by atoms with E-state index >= 15 is 0 Å². The summed E-state index contributed by atoms with van der Waals surface area (Å²) in [6.07, 6.45) is 4.16. The first-order valence-corrected chi connectivity index (χ1v) is 15.4. The van der Waals surface area contributed by atoms with Crippen LogP contribution in [0.15, 0.2) is 47.8 Å². The Morgan fingerprint density at radius 2 is 1.88 bits per heavy atom. The summed E-state index contributed by atoms with van der Waals surface area (Å²) in [6.45, 7) is 3.03. The number of nitrogens with zero attached hydrogens (tertiary/aromatic N) is 5. The fourth-order valence-electron chi connectivity index (χ4n) is 6.12. The van der Waals surface area contributed by atoms with E-state index in [1.807, 2.05) is 29.2 Å². The first-order valence-electron chi connectivity index (χ1n) is 13.5. The van der Waals surface area contributed by atoms with Gasteiger partial charge < -0.3 is 19.5 Å². The Kier molecular flexibility index (Phi) is 6.90. The number of aromatic nitrogens is 3. The zero-order valence-electron chi connectivity index (χ0n) is 23.1. The quantitative estimate of drug-likeness (QED) is 0.252. The predicted molar refractivity (Wildman–Crippen MR) is 154 cm³/mol. The average molecular weight is 578 g/mol. The van der Waals surface area contributed by atoms with E-state index in [0.29, 0.717) is 41.3 Å². The third-order valence-corrected chi connectivity index (χ3v) is 8.76. The van der Waals surface area contributed by atoms with E-state index in [-0.39, 0.29) is 24.0 Å². The molecule has 2 atom stereocenters. The molecule has 0 spiro atoms. The maximum Gasteiger partial charge on any atom is 0.407 e. The van der Waals surface area contributed by atoms with E-state index in [1.54, 1.807) is 19.4 Å². The van der Waals surface area contributed by atoms with Crippen LogP contribution in [-0.2, 0) is 21.0 Å². The predicted octanol–water partition coefficient (Wildman–Crippen LogP) is 4.12. The molecule has 0 aliphatic carbocycles. The molecule has 2 bridgehead atoms. The van der Waals surface area contributed by atoms with E-state index in [9.17, 15) is 18.3 Å². The number of rotatable bonds is 7. The number of carbonyl (C=O) groups is 1. The second-order valence-electron chi connectivity index (χ2n) is 10.6. The number of aryl methyl sites for hydroxylation is 1. The van der Waals surface area contributed by atoms with Gasteiger partial charge in [0.2, 0.25) is 15.0 Å². The number of amides is 1. The van der Waals surface area contributed by atoms with Crippen LogP contribution in [0.2, 0.25) is 0 Å². The van der Waals surface area contributed by atoms with Crippen LogP contribution in [-0.4, -0.2) is 84.8 Å². The second-order valence-corrected chi connectivity index (χ2v) is 12.5. The molecule has 2 fully saturated rings. The van der Waals surface area contributed by atoms with Crippen LogP contribution in [0, 0.1) is 0 Å². The Labute approximate surface area is 237 Å². The van der Waals surface area contributed by atoms with Gasteiger partial charge in [0, 0.05) is 38.2 Å². The smallest absolute Gasteiger partial charge is 0.407 e. The maximum atomic E-state index is 12.7. The lowest BCUT2D eigenvalue weighted by Gasteiger charge is -2.40. The van der Waals surface area contributed by atoms with Crippen LogP contribution in [0.5, 0.6) is 5.75 Å². The van der Waals surface area contributed by atoms with E-state index in [2.05, 4.69) is 23.0 Å². The van der Waals surface area contributed by atoms with Crippen molar-refractivity contribution in [3.8, 4) is 17.0 Å². The lowest BCUT2D eigenvalue weighted by Crippen LogP contribution is -2.55. The molecule has 2 aliphatic rings. The minimum Gasteiger partial charge on any atom is -0.468 e. The van der Waals surface area contributed by atoms with Crippen LogP contribution in [0.25, 0.3) is 32.9 Å². The number of benzene rings is 2.